The molecule has 0 bridgehead atoms. The van der Waals surface area contributed by atoms with Gasteiger partial charge in [-0.15, -0.1) is 0 Å². The normalized spacial score (nSPS) is 21.6. The molecule has 0 aromatic carbocycles. The molecule has 1 rings (SSSR count). The summed E-state index contributed by atoms with van der Waals surface area (Å²) >= 11 is 0. The van der Waals surface area contributed by atoms with E-state index in [9.17, 15) is 9.90 Å². The molecule has 2 N–H and O–H groups in total. The fourth-order valence-electron chi connectivity index (χ4n) is 2.60. The first kappa shape index (κ1) is 13.5. The van der Waals surface area contributed by atoms with Gasteiger partial charge in [-0.25, -0.2) is 0 Å². The van der Waals surface area contributed by atoms with Gasteiger partial charge in [0.25, 0.3) is 0 Å². The molecule has 0 radical (unpaired) electrons. The number of hydrogen-bond acceptors (Lipinski definition) is 2. The van der Waals surface area contributed by atoms with Crippen LogP contribution < -0.4 is 5.32 Å². The predicted octanol–water partition coefficient (Wildman–Crippen LogP) is 2.80. The van der Waals surface area contributed by atoms with Crippen molar-refractivity contribution in [2.24, 2.45) is 5.41 Å². The van der Waals surface area contributed by atoms with Crippen LogP contribution in [0.4, 0.5) is 0 Å². The molecule has 94 valence electrons. The maximum absolute atomic E-state index is 11.4. The van der Waals surface area contributed by atoms with Gasteiger partial charge in [0.05, 0.1) is 5.41 Å². The highest BCUT2D eigenvalue weighted by molar-refractivity contribution is 5.75. The van der Waals surface area contributed by atoms with Gasteiger partial charge in [0.2, 0.25) is 0 Å². The largest absolute Gasteiger partial charge is 0.481 e. The number of aliphatic carboxylic acids is 1. The van der Waals surface area contributed by atoms with Gasteiger partial charge in [-0.2, -0.15) is 0 Å². The van der Waals surface area contributed by atoms with Crippen molar-refractivity contribution in [2.75, 3.05) is 6.54 Å². The van der Waals surface area contributed by atoms with Gasteiger partial charge in [-0.05, 0) is 26.2 Å². The van der Waals surface area contributed by atoms with Crippen molar-refractivity contribution >= 4 is 5.97 Å². The van der Waals surface area contributed by atoms with Crippen molar-refractivity contribution < 1.29 is 9.90 Å². The lowest BCUT2D eigenvalue weighted by Gasteiger charge is -2.34. The molecule has 1 aliphatic carbocycles. The number of carboxylic acids is 1. The van der Waals surface area contributed by atoms with E-state index in [2.05, 4.69) is 19.2 Å². The highest BCUT2D eigenvalue weighted by Gasteiger charge is 2.39. The summed E-state index contributed by atoms with van der Waals surface area (Å²) in [6, 6.07) is 0.433. The minimum atomic E-state index is -0.608. The summed E-state index contributed by atoms with van der Waals surface area (Å²) in [6.45, 7) is 4.94. The van der Waals surface area contributed by atoms with Gasteiger partial charge in [0, 0.05) is 12.6 Å². The summed E-state index contributed by atoms with van der Waals surface area (Å²) in [5, 5.41) is 12.8. The standard InChI is InChI=1S/C13H25NO2/c1-3-7-11(2)14-10-13(12(15)16)8-5-4-6-9-13/h11,14H,3-10H2,1-2H3,(H,15,16). The van der Waals surface area contributed by atoms with Gasteiger partial charge >= 0.3 is 5.97 Å². The smallest absolute Gasteiger partial charge is 0.310 e. The minimum Gasteiger partial charge on any atom is -0.481 e. The zero-order valence-electron chi connectivity index (χ0n) is 10.6. The quantitative estimate of drug-likeness (QED) is 0.733. The van der Waals surface area contributed by atoms with Crippen LogP contribution in [-0.4, -0.2) is 23.7 Å². The molecule has 0 heterocycles. The van der Waals surface area contributed by atoms with E-state index in [-0.39, 0.29) is 0 Å². The highest BCUT2D eigenvalue weighted by atomic mass is 16.4. The van der Waals surface area contributed by atoms with Crippen LogP contribution in [0.1, 0.15) is 58.8 Å². The molecule has 0 amide bonds. The molecule has 1 atom stereocenters. The third-order valence-corrected chi connectivity index (χ3v) is 3.77. The van der Waals surface area contributed by atoms with Gasteiger partial charge in [-0.1, -0.05) is 32.6 Å². The molecule has 3 nitrogen and oxygen atoms in total. The summed E-state index contributed by atoms with van der Waals surface area (Å²) < 4.78 is 0. The molecule has 0 aromatic rings. The zero-order valence-corrected chi connectivity index (χ0v) is 10.6. The first-order valence-electron chi connectivity index (χ1n) is 6.57. The monoisotopic (exact) mass is 227 g/mol. The molecule has 1 unspecified atom stereocenters. The molecule has 0 spiro atoms. The molecule has 1 aliphatic rings. The Labute approximate surface area is 98.6 Å². The molecular weight excluding hydrogens is 202 g/mol. The van der Waals surface area contributed by atoms with Crippen molar-refractivity contribution in [3.05, 3.63) is 0 Å². The van der Waals surface area contributed by atoms with Crippen molar-refractivity contribution in [1.29, 1.82) is 0 Å². The maximum atomic E-state index is 11.4. The molecule has 1 saturated carbocycles. The Kier molecular flexibility index (Phi) is 5.26. The second-order valence-corrected chi connectivity index (χ2v) is 5.22. The van der Waals surface area contributed by atoms with E-state index in [0.717, 1.165) is 38.5 Å². The molecule has 0 aromatic heterocycles. The van der Waals surface area contributed by atoms with Gasteiger partial charge < -0.3 is 10.4 Å². The van der Waals surface area contributed by atoms with Crippen molar-refractivity contribution in [3.63, 3.8) is 0 Å². The lowest BCUT2D eigenvalue weighted by Crippen LogP contribution is -2.45. The van der Waals surface area contributed by atoms with Crippen LogP contribution in [0.5, 0.6) is 0 Å². The molecule has 1 fully saturated rings. The second-order valence-electron chi connectivity index (χ2n) is 5.22. The Morgan fingerprint density at radius 1 is 1.38 bits per heavy atom. The summed E-state index contributed by atoms with van der Waals surface area (Å²) in [5.74, 6) is -0.608. The van der Waals surface area contributed by atoms with Gasteiger partial charge in [0.15, 0.2) is 0 Å². The Morgan fingerprint density at radius 2 is 2.00 bits per heavy atom. The average molecular weight is 227 g/mol. The molecule has 0 saturated heterocycles. The summed E-state index contributed by atoms with van der Waals surface area (Å²) in [4.78, 5) is 11.4. The lowest BCUT2D eigenvalue weighted by atomic mass is 9.74. The van der Waals surface area contributed by atoms with Crippen LogP contribution in [-0.2, 0) is 4.79 Å². The first-order chi connectivity index (χ1) is 7.60. The summed E-state index contributed by atoms with van der Waals surface area (Å²) in [7, 11) is 0. The number of rotatable bonds is 6. The lowest BCUT2D eigenvalue weighted by molar-refractivity contribution is -0.150. The van der Waals surface area contributed by atoms with Crippen LogP contribution in [0.25, 0.3) is 0 Å². The predicted molar refractivity (Wildman–Crippen MR) is 65.5 cm³/mol. The van der Waals surface area contributed by atoms with Crippen LogP contribution in [0.15, 0.2) is 0 Å². The van der Waals surface area contributed by atoms with Crippen molar-refractivity contribution in [1.82, 2.24) is 5.32 Å². The number of carboxylic acid groups (broad SMARTS) is 1. The van der Waals surface area contributed by atoms with E-state index in [4.69, 9.17) is 0 Å². The minimum absolute atomic E-state index is 0.433. The number of nitrogens with one attached hydrogen (secondary N) is 1. The zero-order chi connectivity index (χ0) is 12.0. The highest BCUT2D eigenvalue weighted by Crippen LogP contribution is 2.36. The third-order valence-electron chi connectivity index (χ3n) is 3.77. The second kappa shape index (κ2) is 6.24. The topological polar surface area (TPSA) is 49.3 Å². The van der Waals surface area contributed by atoms with Crippen molar-refractivity contribution in [2.45, 2.75) is 64.8 Å². The SMILES string of the molecule is CCCC(C)NCC1(C(=O)O)CCCCC1. The van der Waals surface area contributed by atoms with E-state index in [1.54, 1.807) is 0 Å². The number of carbonyl (C=O) groups is 1. The van der Waals surface area contributed by atoms with E-state index < -0.39 is 11.4 Å². The van der Waals surface area contributed by atoms with E-state index >= 15 is 0 Å². The van der Waals surface area contributed by atoms with Gasteiger partial charge in [-0.3, -0.25) is 4.79 Å². The Hall–Kier alpha value is -0.570. The molecular formula is C13H25NO2. The van der Waals surface area contributed by atoms with Crippen LogP contribution in [0.3, 0.4) is 0 Å². The summed E-state index contributed by atoms with van der Waals surface area (Å²) in [5.41, 5.74) is -0.486. The fourth-order valence-corrected chi connectivity index (χ4v) is 2.60. The third kappa shape index (κ3) is 3.48. The fraction of sp³-hybridized carbons (Fsp3) is 0.923. The van der Waals surface area contributed by atoms with E-state index in [1.165, 1.54) is 6.42 Å². The Balaban J connectivity index is 2.47. The van der Waals surface area contributed by atoms with Crippen LogP contribution in [0.2, 0.25) is 0 Å². The van der Waals surface area contributed by atoms with Crippen LogP contribution >= 0.6 is 0 Å². The number of hydrogen-bond donors (Lipinski definition) is 2. The Bertz CT molecular complexity index is 222. The molecule has 3 heteroatoms. The Morgan fingerprint density at radius 3 is 2.50 bits per heavy atom. The molecule has 16 heavy (non-hydrogen) atoms. The summed E-state index contributed by atoms with van der Waals surface area (Å²) in [6.07, 6.45) is 7.28. The van der Waals surface area contributed by atoms with E-state index in [1.807, 2.05) is 0 Å². The first-order valence-corrected chi connectivity index (χ1v) is 6.57. The van der Waals surface area contributed by atoms with Gasteiger partial charge in [0.1, 0.15) is 0 Å². The average Bonchev–Trinajstić information content (AvgIpc) is 2.28. The van der Waals surface area contributed by atoms with Crippen LogP contribution in [0, 0.1) is 5.41 Å². The van der Waals surface area contributed by atoms with Crippen molar-refractivity contribution in [3.8, 4) is 0 Å². The van der Waals surface area contributed by atoms with E-state index in [0.29, 0.717) is 12.6 Å². The molecule has 0 aliphatic heterocycles. The maximum Gasteiger partial charge on any atom is 0.310 e.